The van der Waals surface area contributed by atoms with E-state index >= 15 is 0 Å². The standard InChI is InChI=1S/C13H6Cl2FN3O2/c14-10-9(6-1-3-7(16)4-2-6)11(15)19-12(18-10)8(5-17-19)13(20)21/h1-5H,(H,20,21). The SMILES string of the molecule is O=C(O)c1cnn2c(Cl)c(-c3ccc(F)cc3)c(Cl)nc12. The van der Waals surface area contributed by atoms with Gasteiger partial charge >= 0.3 is 5.97 Å². The number of carbonyl (C=O) groups is 1. The molecule has 1 N–H and O–H groups in total. The molecule has 0 radical (unpaired) electrons. The van der Waals surface area contributed by atoms with Gasteiger partial charge in [-0.2, -0.15) is 5.10 Å². The van der Waals surface area contributed by atoms with E-state index in [0.29, 0.717) is 11.1 Å². The molecule has 1 aromatic carbocycles. The Hall–Kier alpha value is -2.18. The summed E-state index contributed by atoms with van der Waals surface area (Å²) in [6.07, 6.45) is 1.14. The molecule has 106 valence electrons. The van der Waals surface area contributed by atoms with Gasteiger partial charge in [0.15, 0.2) is 5.65 Å². The first-order chi connectivity index (χ1) is 9.99. The van der Waals surface area contributed by atoms with E-state index in [0.717, 1.165) is 6.20 Å². The van der Waals surface area contributed by atoms with Gasteiger partial charge in [0, 0.05) is 0 Å². The lowest BCUT2D eigenvalue weighted by molar-refractivity contribution is 0.0699. The summed E-state index contributed by atoms with van der Waals surface area (Å²) < 4.78 is 14.2. The molecule has 0 saturated carbocycles. The van der Waals surface area contributed by atoms with E-state index in [1.807, 2.05) is 0 Å². The van der Waals surface area contributed by atoms with Crippen LogP contribution in [0.25, 0.3) is 16.8 Å². The van der Waals surface area contributed by atoms with Crippen molar-refractivity contribution in [1.29, 1.82) is 0 Å². The predicted octanol–water partition coefficient (Wildman–Crippen LogP) is 3.54. The summed E-state index contributed by atoms with van der Waals surface area (Å²) in [7, 11) is 0. The molecule has 0 bridgehead atoms. The minimum Gasteiger partial charge on any atom is -0.477 e. The van der Waals surface area contributed by atoms with Crippen molar-refractivity contribution in [1.82, 2.24) is 14.6 Å². The summed E-state index contributed by atoms with van der Waals surface area (Å²) in [4.78, 5) is 15.1. The number of aromatic nitrogens is 3. The average molecular weight is 326 g/mol. The highest BCUT2D eigenvalue weighted by atomic mass is 35.5. The molecule has 0 aliphatic carbocycles. The van der Waals surface area contributed by atoms with Crippen molar-refractivity contribution < 1.29 is 14.3 Å². The van der Waals surface area contributed by atoms with E-state index in [-0.39, 0.29) is 21.5 Å². The zero-order valence-electron chi connectivity index (χ0n) is 10.2. The Balaban J connectivity index is 2.30. The zero-order valence-corrected chi connectivity index (χ0v) is 11.7. The third-order valence-corrected chi connectivity index (χ3v) is 3.53. The molecule has 0 spiro atoms. The fraction of sp³-hybridized carbons (Fsp3) is 0. The summed E-state index contributed by atoms with van der Waals surface area (Å²) in [6.45, 7) is 0. The Morgan fingerprint density at radius 3 is 2.52 bits per heavy atom. The maximum Gasteiger partial charge on any atom is 0.341 e. The molecule has 0 unspecified atom stereocenters. The number of nitrogens with zero attached hydrogens (tertiary/aromatic N) is 3. The zero-order chi connectivity index (χ0) is 15.1. The Bertz CT molecular complexity index is 862. The molecule has 0 aliphatic heterocycles. The van der Waals surface area contributed by atoms with Gasteiger partial charge in [0.1, 0.15) is 21.7 Å². The molecule has 0 aliphatic rings. The second-order valence-electron chi connectivity index (χ2n) is 4.17. The first kappa shape index (κ1) is 13.8. The number of carboxylic acids is 1. The smallest absolute Gasteiger partial charge is 0.341 e. The number of benzene rings is 1. The Kier molecular flexibility index (Phi) is 3.27. The van der Waals surface area contributed by atoms with Gasteiger partial charge in [0.2, 0.25) is 0 Å². The van der Waals surface area contributed by atoms with Crippen LogP contribution in [0.4, 0.5) is 4.39 Å². The van der Waals surface area contributed by atoms with Gasteiger partial charge < -0.3 is 5.11 Å². The molecule has 2 heterocycles. The van der Waals surface area contributed by atoms with Crippen molar-refractivity contribution in [3.05, 3.63) is 52.1 Å². The summed E-state index contributed by atoms with van der Waals surface area (Å²) in [5, 5.41) is 13.1. The molecule has 0 amide bonds. The summed E-state index contributed by atoms with van der Waals surface area (Å²) in [5.74, 6) is -1.58. The molecule has 21 heavy (non-hydrogen) atoms. The van der Waals surface area contributed by atoms with Gasteiger partial charge in [-0.1, -0.05) is 35.3 Å². The van der Waals surface area contributed by atoms with Crippen LogP contribution in [0, 0.1) is 5.82 Å². The highest BCUT2D eigenvalue weighted by Crippen LogP contribution is 2.34. The number of hydrogen-bond donors (Lipinski definition) is 1. The number of aromatic carboxylic acids is 1. The molecular formula is C13H6Cl2FN3O2. The first-order valence-corrected chi connectivity index (χ1v) is 6.46. The van der Waals surface area contributed by atoms with E-state index in [2.05, 4.69) is 10.1 Å². The highest BCUT2D eigenvalue weighted by molar-refractivity contribution is 6.38. The Morgan fingerprint density at radius 1 is 1.24 bits per heavy atom. The minimum absolute atomic E-state index is 0.0158. The predicted molar refractivity (Wildman–Crippen MR) is 75.4 cm³/mol. The second-order valence-corrected chi connectivity index (χ2v) is 4.89. The van der Waals surface area contributed by atoms with E-state index in [1.165, 1.54) is 28.8 Å². The summed E-state index contributed by atoms with van der Waals surface area (Å²) >= 11 is 12.3. The van der Waals surface area contributed by atoms with Crippen LogP contribution in [0.15, 0.2) is 30.5 Å². The van der Waals surface area contributed by atoms with Crippen molar-refractivity contribution in [3.63, 3.8) is 0 Å². The van der Waals surface area contributed by atoms with Crippen molar-refractivity contribution in [2.75, 3.05) is 0 Å². The molecule has 0 saturated heterocycles. The minimum atomic E-state index is -1.18. The van der Waals surface area contributed by atoms with Crippen molar-refractivity contribution >= 4 is 34.8 Å². The van der Waals surface area contributed by atoms with Crippen LogP contribution in [0.3, 0.4) is 0 Å². The lowest BCUT2D eigenvalue weighted by Crippen LogP contribution is -2.01. The maximum atomic E-state index is 13.0. The molecule has 2 aromatic heterocycles. The van der Waals surface area contributed by atoms with Gasteiger partial charge in [-0.25, -0.2) is 18.7 Å². The number of rotatable bonds is 2. The van der Waals surface area contributed by atoms with Crippen LogP contribution in [0.1, 0.15) is 10.4 Å². The highest BCUT2D eigenvalue weighted by Gasteiger charge is 2.20. The van der Waals surface area contributed by atoms with Crippen LogP contribution in [0.5, 0.6) is 0 Å². The fourth-order valence-corrected chi connectivity index (χ4v) is 2.59. The summed E-state index contributed by atoms with van der Waals surface area (Å²) in [5.41, 5.74) is 0.840. The normalized spacial score (nSPS) is 11.0. The number of hydrogen-bond acceptors (Lipinski definition) is 3. The number of fused-ring (bicyclic) bond motifs is 1. The fourth-order valence-electron chi connectivity index (χ4n) is 1.94. The first-order valence-electron chi connectivity index (χ1n) is 5.71. The van der Waals surface area contributed by atoms with Gasteiger partial charge in [-0.05, 0) is 17.7 Å². The van der Waals surface area contributed by atoms with Crippen molar-refractivity contribution in [2.24, 2.45) is 0 Å². The van der Waals surface area contributed by atoms with Gasteiger partial charge in [0.05, 0.1) is 11.8 Å². The molecule has 3 aromatic rings. The third kappa shape index (κ3) is 2.22. The van der Waals surface area contributed by atoms with Crippen LogP contribution in [0.2, 0.25) is 10.3 Å². The molecule has 0 atom stereocenters. The van der Waals surface area contributed by atoms with Crippen LogP contribution in [-0.2, 0) is 0 Å². The van der Waals surface area contributed by atoms with Crippen molar-refractivity contribution in [2.45, 2.75) is 0 Å². The van der Waals surface area contributed by atoms with Gasteiger partial charge in [-0.3, -0.25) is 0 Å². The molecule has 0 fully saturated rings. The van der Waals surface area contributed by atoms with E-state index in [4.69, 9.17) is 28.3 Å². The Labute approximate surface area is 127 Å². The molecule has 3 rings (SSSR count). The second kappa shape index (κ2) is 4.98. The van der Waals surface area contributed by atoms with Crippen LogP contribution in [-0.4, -0.2) is 25.7 Å². The number of halogens is 3. The lowest BCUT2D eigenvalue weighted by atomic mass is 10.1. The van der Waals surface area contributed by atoms with E-state index < -0.39 is 11.8 Å². The van der Waals surface area contributed by atoms with Crippen molar-refractivity contribution in [3.8, 4) is 11.1 Å². The Morgan fingerprint density at radius 2 is 1.90 bits per heavy atom. The molecular weight excluding hydrogens is 320 g/mol. The largest absolute Gasteiger partial charge is 0.477 e. The number of carboxylic acid groups (broad SMARTS) is 1. The van der Waals surface area contributed by atoms with Crippen LogP contribution >= 0.6 is 23.2 Å². The van der Waals surface area contributed by atoms with Gasteiger partial charge in [0.25, 0.3) is 0 Å². The third-order valence-electron chi connectivity index (χ3n) is 2.91. The van der Waals surface area contributed by atoms with E-state index in [9.17, 15) is 9.18 Å². The monoisotopic (exact) mass is 325 g/mol. The average Bonchev–Trinajstić information content (AvgIpc) is 2.85. The molecule has 8 heteroatoms. The quantitative estimate of drug-likeness (QED) is 0.732. The molecule has 5 nitrogen and oxygen atoms in total. The van der Waals surface area contributed by atoms with E-state index in [1.54, 1.807) is 0 Å². The maximum absolute atomic E-state index is 13.0. The lowest BCUT2D eigenvalue weighted by Gasteiger charge is -2.08. The van der Waals surface area contributed by atoms with Gasteiger partial charge in [-0.15, -0.1) is 0 Å². The van der Waals surface area contributed by atoms with Crippen LogP contribution < -0.4 is 0 Å². The summed E-state index contributed by atoms with van der Waals surface area (Å²) in [6, 6.07) is 5.52. The topological polar surface area (TPSA) is 67.5 Å².